The molecule has 0 saturated heterocycles. The van der Waals surface area contributed by atoms with Crippen LogP contribution in [0.5, 0.6) is 0 Å². The van der Waals surface area contributed by atoms with Gasteiger partial charge in [0.25, 0.3) is 0 Å². The Balaban J connectivity index is 2.20. The van der Waals surface area contributed by atoms with Crippen LogP contribution in [0.15, 0.2) is 33.9 Å². The highest BCUT2D eigenvalue weighted by atomic mass is 79.9. The second-order valence-corrected chi connectivity index (χ2v) is 6.02. The number of nitrogens with zero attached hydrogens (tertiary/aromatic N) is 2. The maximum absolute atomic E-state index is 5.77. The van der Waals surface area contributed by atoms with Gasteiger partial charge in [-0.25, -0.2) is 9.97 Å². The molecule has 0 fully saturated rings. The van der Waals surface area contributed by atoms with Crippen molar-refractivity contribution in [3.8, 4) is 0 Å². The summed E-state index contributed by atoms with van der Waals surface area (Å²) >= 11 is 6.78. The third-order valence-corrected chi connectivity index (χ3v) is 4.19. The SMILES string of the molecule is C=Cc1nc(N)c(Br)cc1CCc1cnc(N)c(Br)c1. The fourth-order valence-corrected chi connectivity index (χ4v) is 2.60. The summed E-state index contributed by atoms with van der Waals surface area (Å²) < 4.78 is 1.62. The molecule has 0 aliphatic rings. The molecule has 20 heavy (non-hydrogen) atoms. The number of pyridine rings is 2. The van der Waals surface area contributed by atoms with Crippen LogP contribution >= 0.6 is 31.9 Å². The number of halogens is 2. The molecule has 0 aliphatic heterocycles. The van der Waals surface area contributed by atoms with Crippen molar-refractivity contribution in [2.24, 2.45) is 0 Å². The average Bonchev–Trinajstić information content (AvgIpc) is 2.43. The monoisotopic (exact) mass is 396 g/mol. The van der Waals surface area contributed by atoms with Crippen molar-refractivity contribution in [3.05, 3.63) is 50.7 Å². The molecule has 0 saturated carbocycles. The van der Waals surface area contributed by atoms with Crippen LogP contribution in [0, 0.1) is 0 Å². The highest BCUT2D eigenvalue weighted by molar-refractivity contribution is 9.11. The maximum atomic E-state index is 5.77. The van der Waals surface area contributed by atoms with Gasteiger partial charge < -0.3 is 11.5 Å². The summed E-state index contributed by atoms with van der Waals surface area (Å²) in [4.78, 5) is 8.43. The van der Waals surface area contributed by atoms with Crippen molar-refractivity contribution in [2.45, 2.75) is 12.8 Å². The third-order valence-electron chi connectivity index (χ3n) is 2.92. The molecule has 0 aromatic carbocycles. The molecular formula is C14H14Br2N4. The van der Waals surface area contributed by atoms with Gasteiger partial charge in [-0.05, 0) is 74.0 Å². The number of hydrogen-bond donors (Lipinski definition) is 2. The predicted molar refractivity (Wildman–Crippen MR) is 90.2 cm³/mol. The minimum atomic E-state index is 0.473. The Morgan fingerprint density at radius 3 is 2.45 bits per heavy atom. The lowest BCUT2D eigenvalue weighted by atomic mass is 10.0. The highest BCUT2D eigenvalue weighted by Gasteiger charge is 2.07. The van der Waals surface area contributed by atoms with E-state index in [1.165, 1.54) is 0 Å². The van der Waals surface area contributed by atoms with E-state index in [0.29, 0.717) is 11.6 Å². The quantitative estimate of drug-likeness (QED) is 0.826. The molecule has 2 aromatic heterocycles. The van der Waals surface area contributed by atoms with E-state index < -0.39 is 0 Å². The van der Waals surface area contributed by atoms with Gasteiger partial charge >= 0.3 is 0 Å². The van der Waals surface area contributed by atoms with Crippen LogP contribution in [0.2, 0.25) is 0 Å². The average molecular weight is 398 g/mol. The summed E-state index contributed by atoms with van der Waals surface area (Å²) in [6.45, 7) is 3.77. The van der Waals surface area contributed by atoms with Gasteiger partial charge in [0, 0.05) is 6.20 Å². The topological polar surface area (TPSA) is 77.8 Å². The standard InChI is InChI=1S/C14H14Br2N4/c1-2-12-9(6-11(16)14(18)20-12)4-3-8-5-10(15)13(17)19-7-8/h2,5-7H,1,3-4H2,(H2,17,19)(H2,18,20). The number of aryl methyl sites for hydroxylation is 2. The van der Waals surface area contributed by atoms with Crippen molar-refractivity contribution in [3.63, 3.8) is 0 Å². The maximum Gasteiger partial charge on any atom is 0.138 e. The first-order valence-corrected chi connectivity index (χ1v) is 7.57. The molecule has 0 atom stereocenters. The van der Waals surface area contributed by atoms with Crippen LogP contribution < -0.4 is 11.5 Å². The number of nitrogen functional groups attached to an aromatic ring is 2. The molecule has 4 N–H and O–H groups in total. The van der Waals surface area contributed by atoms with E-state index in [4.69, 9.17) is 11.5 Å². The van der Waals surface area contributed by atoms with Crippen molar-refractivity contribution in [1.82, 2.24) is 9.97 Å². The van der Waals surface area contributed by atoms with Gasteiger partial charge in [-0.15, -0.1) is 0 Å². The highest BCUT2D eigenvalue weighted by Crippen LogP contribution is 2.24. The molecule has 0 aliphatic carbocycles. The number of hydrogen-bond acceptors (Lipinski definition) is 4. The van der Waals surface area contributed by atoms with Crippen LogP contribution in [0.25, 0.3) is 6.08 Å². The molecule has 0 bridgehead atoms. The van der Waals surface area contributed by atoms with Gasteiger partial charge in [-0.2, -0.15) is 0 Å². The summed E-state index contributed by atoms with van der Waals surface area (Å²) in [7, 11) is 0. The van der Waals surface area contributed by atoms with Crippen LogP contribution in [-0.4, -0.2) is 9.97 Å². The zero-order chi connectivity index (χ0) is 14.7. The number of rotatable bonds is 4. The molecule has 6 heteroatoms. The molecule has 0 amide bonds. The second kappa shape index (κ2) is 6.37. The van der Waals surface area contributed by atoms with Crippen LogP contribution in [0.4, 0.5) is 11.6 Å². The first kappa shape index (κ1) is 15.0. The van der Waals surface area contributed by atoms with E-state index in [0.717, 1.165) is 38.6 Å². The van der Waals surface area contributed by atoms with Gasteiger partial charge in [0.05, 0.1) is 14.6 Å². The van der Waals surface area contributed by atoms with Crippen molar-refractivity contribution < 1.29 is 0 Å². The fraction of sp³-hybridized carbons (Fsp3) is 0.143. The summed E-state index contributed by atoms with van der Waals surface area (Å²) in [5.74, 6) is 0.970. The van der Waals surface area contributed by atoms with E-state index in [1.807, 2.05) is 12.1 Å². The molecule has 0 radical (unpaired) electrons. The predicted octanol–water partition coefficient (Wildman–Crippen LogP) is 3.59. The number of anilines is 2. The Morgan fingerprint density at radius 1 is 1.10 bits per heavy atom. The van der Waals surface area contributed by atoms with Gasteiger partial charge in [0.2, 0.25) is 0 Å². The van der Waals surface area contributed by atoms with Crippen LogP contribution in [0.1, 0.15) is 16.8 Å². The van der Waals surface area contributed by atoms with E-state index in [2.05, 4.69) is 48.4 Å². The van der Waals surface area contributed by atoms with E-state index in [-0.39, 0.29) is 0 Å². The van der Waals surface area contributed by atoms with E-state index in [9.17, 15) is 0 Å². The largest absolute Gasteiger partial charge is 0.383 e. The third kappa shape index (κ3) is 3.37. The molecular weight excluding hydrogens is 384 g/mol. The van der Waals surface area contributed by atoms with Gasteiger partial charge in [0.1, 0.15) is 11.6 Å². The number of aromatic nitrogens is 2. The zero-order valence-corrected chi connectivity index (χ0v) is 13.9. The summed E-state index contributed by atoms with van der Waals surface area (Å²) in [5.41, 5.74) is 14.5. The smallest absolute Gasteiger partial charge is 0.138 e. The minimum absolute atomic E-state index is 0.473. The summed E-state index contributed by atoms with van der Waals surface area (Å²) in [6, 6.07) is 3.97. The van der Waals surface area contributed by atoms with Gasteiger partial charge in [-0.1, -0.05) is 6.58 Å². The minimum Gasteiger partial charge on any atom is -0.383 e. The lowest BCUT2D eigenvalue weighted by molar-refractivity contribution is 0.935. The molecule has 0 unspecified atom stereocenters. The lowest BCUT2D eigenvalue weighted by Crippen LogP contribution is -2.01. The molecule has 2 aromatic rings. The Kier molecular flexibility index (Phi) is 4.77. The van der Waals surface area contributed by atoms with Crippen LogP contribution in [-0.2, 0) is 12.8 Å². The van der Waals surface area contributed by atoms with E-state index >= 15 is 0 Å². The first-order valence-electron chi connectivity index (χ1n) is 5.98. The van der Waals surface area contributed by atoms with Gasteiger partial charge in [-0.3, -0.25) is 0 Å². The Morgan fingerprint density at radius 2 is 1.80 bits per heavy atom. The molecule has 2 heterocycles. The summed E-state index contributed by atoms with van der Waals surface area (Å²) in [5, 5.41) is 0. The van der Waals surface area contributed by atoms with Crippen molar-refractivity contribution >= 4 is 49.6 Å². The van der Waals surface area contributed by atoms with Crippen LogP contribution in [0.3, 0.4) is 0 Å². The first-order chi connectivity index (χ1) is 9.51. The molecule has 104 valence electrons. The Labute approximate surface area is 134 Å². The zero-order valence-electron chi connectivity index (χ0n) is 10.7. The molecule has 0 spiro atoms. The molecule has 2 rings (SSSR count). The summed E-state index contributed by atoms with van der Waals surface area (Å²) in [6.07, 6.45) is 5.17. The van der Waals surface area contributed by atoms with Crippen molar-refractivity contribution in [1.29, 1.82) is 0 Å². The fourth-order valence-electron chi connectivity index (χ4n) is 1.84. The van der Waals surface area contributed by atoms with Gasteiger partial charge in [0.15, 0.2) is 0 Å². The molecule has 4 nitrogen and oxygen atoms in total. The lowest BCUT2D eigenvalue weighted by Gasteiger charge is -2.09. The second-order valence-electron chi connectivity index (χ2n) is 4.31. The van der Waals surface area contributed by atoms with E-state index in [1.54, 1.807) is 12.3 Å². The Bertz CT molecular complexity index is 656. The van der Waals surface area contributed by atoms with Crippen molar-refractivity contribution in [2.75, 3.05) is 11.5 Å². The number of nitrogens with two attached hydrogens (primary N) is 2. The Hall–Kier alpha value is -1.40. The normalized spacial score (nSPS) is 10.5.